The first-order valence-electron chi connectivity index (χ1n) is 4.91. The number of imidazole rings is 1. The third kappa shape index (κ3) is 1.61. The Hall–Kier alpha value is -0.830. The van der Waals surface area contributed by atoms with Gasteiger partial charge in [0.25, 0.3) is 0 Å². The Morgan fingerprint density at radius 3 is 3.08 bits per heavy atom. The Morgan fingerprint density at radius 1 is 1.62 bits per heavy atom. The first-order chi connectivity index (χ1) is 6.16. The Labute approximate surface area is 78.4 Å². The van der Waals surface area contributed by atoms with Crippen molar-refractivity contribution in [2.75, 3.05) is 0 Å². The smallest absolute Gasteiger partial charge is 0.109 e. The summed E-state index contributed by atoms with van der Waals surface area (Å²) < 4.78 is 2.09. The number of aliphatic hydroxyl groups is 1. The number of hydrogen-bond donors (Lipinski definition) is 1. The molecule has 1 aromatic heterocycles. The molecule has 0 spiro atoms. The lowest BCUT2D eigenvalue weighted by molar-refractivity contribution is 0.130. The van der Waals surface area contributed by atoms with Gasteiger partial charge in [0, 0.05) is 19.2 Å². The summed E-state index contributed by atoms with van der Waals surface area (Å²) in [5.41, 5.74) is 1.14. The predicted octanol–water partition coefficient (Wildman–Crippen LogP) is 1.31. The summed E-state index contributed by atoms with van der Waals surface area (Å²) in [6.07, 6.45) is 3.66. The molecular weight excluding hydrogens is 164 g/mol. The maximum Gasteiger partial charge on any atom is 0.109 e. The highest BCUT2D eigenvalue weighted by Crippen LogP contribution is 2.19. The molecule has 1 aromatic rings. The van der Waals surface area contributed by atoms with Crippen molar-refractivity contribution in [3.8, 4) is 0 Å². The van der Waals surface area contributed by atoms with Crippen molar-refractivity contribution >= 4 is 0 Å². The third-order valence-corrected chi connectivity index (χ3v) is 2.58. The molecule has 0 fully saturated rings. The Kier molecular flexibility index (Phi) is 2.12. The van der Waals surface area contributed by atoms with E-state index in [9.17, 15) is 5.11 Å². The number of aliphatic hydroxyl groups excluding tert-OH is 1. The molecule has 1 unspecified atom stereocenters. The molecule has 1 N–H and O–H groups in total. The topological polar surface area (TPSA) is 38.0 Å². The molecule has 0 bridgehead atoms. The molecule has 2 rings (SSSR count). The molecule has 3 nitrogen and oxygen atoms in total. The molecule has 0 aliphatic carbocycles. The highest BCUT2D eigenvalue weighted by molar-refractivity contribution is 5.10. The molecule has 13 heavy (non-hydrogen) atoms. The summed E-state index contributed by atoms with van der Waals surface area (Å²) in [5.74, 6) is 1.62. The van der Waals surface area contributed by atoms with Gasteiger partial charge in [-0.3, -0.25) is 0 Å². The minimum atomic E-state index is -0.179. The Bertz CT molecular complexity index is 304. The van der Waals surface area contributed by atoms with Crippen LogP contribution in [0.5, 0.6) is 0 Å². The lowest BCUT2D eigenvalue weighted by Gasteiger charge is -2.18. The van der Waals surface area contributed by atoms with Crippen LogP contribution < -0.4 is 0 Å². The second-order valence-corrected chi connectivity index (χ2v) is 4.08. The van der Waals surface area contributed by atoms with Gasteiger partial charge in [-0.25, -0.2) is 4.98 Å². The molecule has 3 heteroatoms. The zero-order valence-corrected chi connectivity index (χ0v) is 8.20. The number of aromatic nitrogens is 2. The average molecular weight is 180 g/mol. The van der Waals surface area contributed by atoms with Crippen LogP contribution in [0.2, 0.25) is 0 Å². The van der Waals surface area contributed by atoms with E-state index in [1.165, 1.54) is 0 Å². The highest BCUT2D eigenvalue weighted by Gasteiger charge is 2.18. The molecule has 0 saturated heterocycles. The number of fused-ring (bicyclic) bond motifs is 1. The van der Waals surface area contributed by atoms with Gasteiger partial charge in [-0.05, 0) is 12.3 Å². The fraction of sp³-hybridized carbons (Fsp3) is 0.700. The highest BCUT2D eigenvalue weighted by atomic mass is 16.3. The summed E-state index contributed by atoms with van der Waals surface area (Å²) in [6, 6.07) is 0. The first kappa shape index (κ1) is 8.75. The molecule has 0 saturated carbocycles. The van der Waals surface area contributed by atoms with Crippen molar-refractivity contribution in [2.45, 2.75) is 45.3 Å². The lowest BCUT2D eigenvalue weighted by atomic mass is 10.1. The normalized spacial score (nSPS) is 22.0. The van der Waals surface area contributed by atoms with Gasteiger partial charge in [-0.1, -0.05) is 13.8 Å². The zero-order valence-electron chi connectivity index (χ0n) is 8.20. The standard InChI is InChI=1S/C10H16N2O/c1-7(2)9-6-12-5-8(13)3-4-10(12)11-9/h6-8,13H,3-5H2,1-2H3. The quantitative estimate of drug-likeness (QED) is 0.707. The molecule has 2 heterocycles. The molecule has 72 valence electrons. The summed E-state index contributed by atoms with van der Waals surface area (Å²) in [6.45, 7) is 5.00. The van der Waals surface area contributed by atoms with E-state index < -0.39 is 0 Å². The predicted molar refractivity (Wildman–Crippen MR) is 50.6 cm³/mol. The van der Waals surface area contributed by atoms with Crippen LogP contribution in [0.25, 0.3) is 0 Å². The van der Waals surface area contributed by atoms with Crippen LogP contribution >= 0.6 is 0 Å². The van der Waals surface area contributed by atoms with Crippen LogP contribution in [-0.2, 0) is 13.0 Å². The number of rotatable bonds is 1. The van der Waals surface area contributed by atoms with E-state index in [0.29, 0.717) is 5.92 Å². The van der Waals surface area contributed by atoms with E-state index in [4.69, 9.17) is 0 Å². The Morgan fingerprint density at radius 2 is 2.38 bits per heavy atom. The van der Waals surface area contributed by atoms with Gasteiger partial charge >= 0.3 is 0 Å². The number of hydrogen-bond acceptors (Lipinski definition) is 2. The Balaban J connectivity index is 2.28. The zero-order chi connectivity index (χ0) is 9.42. The molecular formula is C10H16N2O. The molecule has 1 aliphatic rings. The van der Waals surface area contributed by atoms with Crippen LogP contribution in [0.3, 0.4) is 0 Å². The second kappa shape index (κ2) is 3.14. The van der Waals surface area contributed by atoms with Crippen LogP contribution in [-0.4, -0.2) is 20.8 Å². The van der Waals surface area contributed by atoms with E-state index in [2.05, 4.69) is 29.6 Å². The van der Waals surface area contributed by atoms with E-state index >= 15 is 0 Å². The minimum Gasteiger partial charge on any atom is -0.391 e. The van der Waals surface area contributed by atoms with Crippen LogP contribution in [0.15, 0.2) is 6.20 Å². The number of aryl methyl sites for hydroxylation is 1. The SMILES string of the molecule is CC(C)c1cn2c(n1)CCC(O)C2. The third-order valence-electron chi connectivity index (χ3n) is 2.58. The summed E-state index contributed by atoms with van der Waals surface area (Å²) in [4.78, 5) is 4.54. The monoisotopic (exact) mass is 180 g/mol. The van der Waals surface area contributed by atoms with Crippen molar-refractivity contribution < 1.29 is 5.11 Å². The largest absolute Gasteiger partial charge is 0.391 e. The number of nitrogens with zero attached hydrogens (tertiary/aromatic N) is 2. The molecule has 1 aliphatic heterocycles. The van der Waals surface area contributed by atoms with Gasteiger partial charge in [0.05, 0.1) is 11.8 Å². The lowest BCUT2D eigenvalue weighted by Crippen LogP contribution is -2.23. The molecule has 0 radical (unpaired) electrons. The average Bonchev–Trinajstić information content (AvgIpc) is 2.46. The van der Waals surface area contributed by atoms with E-state index in [0.717, 1.165) is 30.9 Å². The minimum absolute atomic E-state index is 0.179. The maximum atomic E-state index is 9.46. The van der Waals surface area contributed by atoms with Gasteiger partial charge in [0.15, 0.2) is 0 Å². The van der Waals surface area contributed by atoms with Gasteiger partial charge in [0.1, 0.15) is 5.82 Å². The fourth-order valence-electron chi connectivity index (χ4n) is 1.73. The van der Waals surface area contributed by atoms with Crippen molar-refractivity contribution in [1.29, 1.82) is 0 Å². The second-order valence-electron chi connectivity index (χ2n) is 4.08. The van der Waals surface area contributed by atoms with Crippen LogP contribution in [0, 0.1) is 0 Å². The maximum absolute atomic E-state index is 9.46. The van der Waals surface area contributed by atoms with Crippen LogP contribution in [0.4, 0.5) is 0 Å². The first-order valence-corrected chi connectivity index (χ1v) is 4.91. The molecule has 1 atom stereocenters. The summed E-state index contributed by atoms with van der Waals surface area (Å²) >= 11 is 0. The molecule has 0 amide bonds. The van der Waals surface area contributed by atoms with E-state index in [1.54, 1.807) is 0 Å². The molecule has 0 aromatic carbocycles. The fourth-order valence-corrected chi connectivity index (χ4v) is 1.73. The van der Waals surface area contributed by atoms with Gasteiger partial charge in [-0.15, -0.1) is 0 Å². The van der Waals surface area contributed by atoms with Gasteiger partial charge in [-0.2, -0.15) is 0 Å². The van der Waals surface area contributed by atoms with Gasteiger partial charge in [0.2, 0.25) is 0 Å². The van der Waals surface area contributed by atoms with E-state index in [1.807, 2.05) is 0 Å². The van der Waals surface area contributed by atoms with Crippen molar-refractivity contribution in [2.24, 2.45) is 0 Å². The summed E-state index contributed by atoms with van der Waals surface area (Å²) in [5, 5.41) is 9.46. The summed E-state index contributed by atoms with van der Waals surface area (Å²) in [7, 11) is 0. The van der Waals surface area contributed by atoms with Crippen LogP contribution in [0.1, 0.15) is 37.7 Å². The van der Waals surface area contributed by atoms with Crippen molar-refractivity contribution in [3.63, 3.8) is 0 Å². The van der Waals surface area contributed by atoms with Crippen molar-refractivity contribution in [1.82, 2.24) is 9.55 Å². The van der Waals surface area contributed by atoms with Gasteiger partial charge < -0.3 is 9.67 Å². The van der Waals surface area contributed by atoms with E-state index in [-0.39, 0.29) is 6.10 Å². The van der Waals surface area contributed by atoms with Crippen molar-refractivity contribution in [3.05, 3.63) is 17.7 Å².